The predicted molar refractivity (Wildman–Crippen MR) is 126 cm³/mol. The van der Waals surface area contributed by atoms with Crippen LogP contribution < -0.4 is 4.90 Å². The highest BCUT2D eigenvalue weighted by atomic mass is 16.2. The number of pyridine rings is 1. The number of hydrogen-bond acceptors (Lipinski definition) is 5. The van der Waals surface area contributed by atoms with Gasteiger partial charge in [-0.1, -0.05) is 0 Å². The average Bonchev–Trinajstić information content (AvgIpc) is 3.70. The third-order valence-electron chi connectivity index (χ3n) is 6.57. The van der Waals surface area contributed by atoms with Gasteiger partial charge in [-0.3, -0.25) is 9.78 Å². The maximum atomic E-state index is 13.0. The van der Waals surface area contributed by atoms with Crippen molar-refractivity contribution in [2.24, 2.45) is 0 Å². The summed E-state index contributed by atoms with van der Waals surface area (Å²) in [4.78, 5) is 30.9. The smallest absolute Gasteiger partial charge is 0.253 e. The van der Waals surface area contributed by atoms with E-state index in [9.17, 15) is 4.79 Å². The second-order valence-electron chi connectivity index (χ2n) is 9.05. The lowest BCUT2D eigenvalue weighted by Crippen LogP contribution is -2.38. The standard InChI is InChI=1S/C26H29N5O/c1-30(2)22-7-5-21(6-8-22)26(32)31-15-11-19(12-16-31)24-23(18-9-13-27-14-10-18)17-28-25(29-24)20-3-4-20/h5-10,13-14,17,19-20H,3-4,11-12,15-16H2,1-2H3. The van der Waals surface area contributed by atoms with Crippen molar-refractivity contribution < 1.29 is 4.79 Å². The fourth-order valence-corrected chi connectivity index (χ4v) is 4.45. The van der Waals surface area contributed by atoms with Crippen LogP contribution in [-0.4, -0.2) is 52.9 Å². The molecule has 6 heteroatoms. The summed E-state index contributed by atoms with van der Waals surface area (Å²) in [5.74, 6) is 1.95. The van der Waals surface area contributed by atoms with Gasteiger partial charge < -0.3 is 9.80 Å². The van der Waals surface area contributed by atoms with Gasteiger partial charge in [-0.05, 0) is 67.6 Å². The molecule has 3 heterocycles. The molecule has 0 bridgehead atoms. The zero-order valence-corrected chi connectivity index (χ0v) is 18.7. The van der Waals surface area contributed by atoms with E-state index in [2.05, 4.69) is 9.97 Å². The summed E-state index contributed by atoms with van der Waals surface area (Å²) in [5, 5.41) is 0. The van der Waals surface area contributed by atoms with Crippen LogP contribution in [0, 0.1) is 0 Å². The lowest BCUT2D eigenvalue weighted by molar-refractivity contribution is 0.0712. The second-order valence-corrected chi connectivity index (χ2v) is 9.05. The number of likely N-dealkylation sites (tertiary alicyclic amines) is 1. The van der Waals surface area contributed by atoms with Gasteiger partial charge in [0.05, 0.1) is 5.69 Å². The quantitative estimate of drug-likeness (QED) is 0.600. The van der Waals surface area contributed by atoms with Crippen molar-refractivity contribution in [2.45, 2.75) is 37.5 Å². The SMILES string of the molecule is CN(C)c1ccc(C(=O)N2CCC(c3nc(C4CC4)ncc3-c3ccncc3)CC2)cc1. The zero-order valence-electron chi connectivity index (χ0n) is 18.7. The van der Waals surface area contributed by atoms with E-state index >= 15 is 0 Å². The normalized spacial score (nSPS) is 16.8. The van der Waals surface area contributed by atoms with Gasteiger partial charge in [-0.15, -0.1) is 0 Å². The number of benzene rings is 1. The molecule has 6 nitrogen and oxygen atoms in total. The van der Waals surface area contributed by atoms with E-state index in [1.54, 1.807) is 0 Å². The molecular formula is C26H29N5O. The fourth-order valence-electron chi connectivity index (χ4n) is 4.45. The van der Waals surface area contributed by atoms with Crippen molar-refractivity contribution in [3.63, 3.8) is 0 Å². The Hall–Kier alpha value is -3.28. The van der Waals surface area contributed by atoms with Crippen LogP contribution in [0.15, 0.2) is 55.0 Å². The zero-order chi connectivity index (χ0) is 22.1. The number of carbonyl (C=O) groups excluding carboxylic acids is 1. The molecule has 32 heavy (non-hydrogen) atoms. The summed E-state index contributed by atoms with van der Waals surface area (Å²) in [6, 6.07) is 11.9. The van der Waals surface area contributed by atoms with E-state index in [1.807, 2.05) is 78.9 Å². The van der Waals surface area contributed by atoms with Crippen LogP contribution in [0.25, 0.3) is 11.1 Å². The van der Waals surface area contributed by atoms with Crippen LogP contribution in [0.1, 0.15) is 59.4 Å². The lowest BCUT2D eigenvalue weighted by atomic mass is 9.88. The highest BCUT2D eigenvalue weighted by molar-refractivity contribution is 5.94. The molecule has 5 rings (SSSR count). The molecule has 0 N–H and O–H groups in total. The minimum absolute atomic E-state index is 0.115. The van der Waals surface area contributed by atoms with Crippen molar-refractivity contribution in [1.29, 1.82) is 0 Å². The number of hydrogen-bond donors (Lipinski definition) is 0. The number of aromatic nitrogens is 3. The van der Waals surface area contributed by atoms with Crippen molar-refractivity contribution in [3.05, 3.63) is 72.1 Å². The summed E-state index contributed by atoms with van der Waals surface area (Å²) in [6.45, 7) is 1.50. The molecule has 0 unspecified atom stereocenters. The first kappa shape index (κ1) is 20.6. The molecule has 0 atom stereocenters. The molecule has 2 fully saturated rings. The Morgan fingerprint density at radius 1 is 0.938 bits per heavy atom. The van der Waals surface area contributed by atoms with Crippen molar-refractivity contribution in [2.75, 3.05) is 32.1 Å². The molecule has 1 aliphatic carbocycles. The van der Waals surface area contributed by atoms with Crippen LogP contribution >= 0.6 is 0 Å². The summed E-state index contributed by atoms with van der Waals surface area (Å²) < 4.78 is 0. The molecule has 1 amide bonds. The van der Waals surface area contributed by atoms with Gasteiger partial charge in [0.1, 0.15) is 5.82 Å². The molecule has 0 radical (unpaired) electrons. The van der Waals surface area contributed by atoms with Crippen LogP contribution in [0.5, 0.6) is 0 Å². The van der Waals surface area contributed by atoms with Crippen molar-refractivity contribution >= 4 is 11.6 Å². The summed E-state index contributed by atoms with van der Waals surface area (Å²) in [7, 11) is 4.01. The van der Waals surface area contributed by atoms with Crippen LogP contribution in [0.2, 0.25) is 0 Å². The molecule has 0 spiro atoms. The Bertz CT molecular complexity index is 1080. The number of piperidine rings is 1. The Morgan fingerprint density at radius 3 is 2.25 bits per heavy atom. The van der Waals surface area contributed by atoms with Gasteiger partial charge in [0.25, 0.3) is 5.91 Å². The van der Waals surface area contributed by atoms with Gasteiger partial charge in [-0.25, -0.2) is 9.97 Å². The molecule has 3 aromatic rings. The maximum absolute atomic E-state index is 13.0. The third kappa shape index (κ3) is 4.22. The van der Waals surface area contributed by atoms with Gasteiger partial charge in [0, 0.05) is 74.4 Å². The van der Waals surface area contributed by atoms with Crippen LogP contribution in [0.3, 0.4) is 0 Å². The minimum atomic E-state index is 0.115. The highest BCUT2D eigenvalue weighted by Crippen LogP contribution is 2.40. The molecule has 2 aliphatic rings. The molecule has 164 valence electrons. The Kier molecular flexibility index (Phi) is 5.60. The van der Waals surface area contributed by atoms with E-state index in [0.717, 1.165) is 59.8 Å². The van der Waals surface area contributed by atoms with Gasteiger partial charge in [0.2, 0.25) is 0 Å². The predicted octanol–water partition coefficient (Wildman–Crippen LogP) is 4.50. The molecule has 1 saturated carbocycles. The number of rotatable bonds is 5. The number of amides is 1. The molecule has 1 saturated heterocycles. The van der Waals surface area contributed by atoms with E-state index in [4.69, 9.17) is 4.98 Å². The van der Waals surface area contributed by atoms with E-state index in [-0.39, 0.29) is 5.91 Å². The highest BCUT2D eigenvalue weighted by Gasteiger charge is 2.31. The van der Waals surface area contributed by atoms with Gasteiger partial charge >= 0.3 is 0 Å². The van der Waals surface area contributed by atoms with Gasteiger partial charge in [-0.2, -0.15) is 0 Å². The summed E-state index contributed by atoms with van der Waals surface area (Å²) in [6.07, 6.45) is 9.84. The monoisotopic (exact) mass is 427 g/mol. The largest absolute Gasteiger partial charge is 0.378 e. The van der Waals surface area contributed by atoms with Crippen LogP contribution in [-0.2, 0) is 0 Å². The first-order valence-electron chi connectivity index (χ1n) is 11.4. The number of carbonyl (C=O) groups is 1. The first-order valence-corrected chi connectivity index (χ1v) is 11.4. The van der Waals surface area contributed by atoms with E-state index < -0.39 is 0 Å². The first-order chi connectivity index (χ1) is 15.6. The Balaban J connectivity index is 1.33. The van der Waals surface area contributed by atoms with Gasteiger partial charge in [0.15, 0.2) is 0 Å². The van der Waals surface area contributed by atoms with Crippen molar-refractivity contribution in [3.8, 4) is 11.1 Å². The molecule has 1 aliphatic heterocycles. The number of anilines is 1. The average molecular weight is 428 g/mol. The molecular weight excluding hydrogens is 398 g/mol. The molecule has 1 aromatic carbocycles. The summed E-state index contributed by atoms with van der Waals surface area (Å²) >= 11 is 0. The second kappa shape index (κ2) is 8.69. The van der Waals surface area contributed by atoms with E-state index in [1.165, 1.54) is 12.8 Å². The molecule has 2 aromatic heterocycles. The maximum Gasteiger partial charge on any atom is 0.253 e. The summed E-state index contributed by atoms with van der Waals surface area (Å²) in [5.41, 5.74) is 5.19. The third-order valence-corrected chi connectivity index (χ3v) is 6.57. The fraction of sp³-hybridized carbons (Fsp3) is 0.385. The Morgan fingerprint density at radius 2 is 1.62 bits per heavy atom. The minimum Gasteiger partial charge on any atom is -0.378 e. The number of nitrogens with zero attached hydrogens (tertiary/aromatic N) is 5. The van der Waals surface area contributed by atoms with Crippen LogP contribution in [0.4, 0.5) is 5.69 Å². The van der Waals surface area contributed by atoms with Crippen molar-refractivity contribution in [1.82, 2.24) is 19.9 Å². The van der Waals surface area contributed by atoms with E-state index in [0.29, 0.717) is 11.8 Å². The lowest BCUT2D eigenvalue weighted by Gasteiger charge is -2.32. The Labute approximate surface area is 189 Å². The topological polar surface area (TPSA) is 62.2 Å².